The smallest absolute Gasteiger partial charge is 0.338 e. The molecule has 2 aromatic carbocycles. The fourth-order valence-corrected chi connectivity index (χ4v) is 3.40. The van der Waals surface area contributed by atoms with Crippen molar-refractivity contribution in [3.05, 3.63) is 53.6 Å². The molecule has 0 bridgehead atoms. The summed E-state index contributed by atoms with van der Waals surface area (Å²) in [6.07, 6.45) is 1.75. The molecule has 1 aliphatic rings. The van der Waals surface area contributed by atoms with E-state index in [4.69, 9.17) is 9.47 Å². The molecule has 1 heterocycles. The molecular weight excluding hydrogens is 340 g/mol. The topological polar surface area (TPSA) is 50.8 Å². The lowest BCUT2D eigenvalue weighted by Crippen LogP contribution is -2.33. The van der Waals surface area contributed by atoms with E-state index in [0.29, 0.717) is 5.56 Å². The maximum Gasteiger partial charge on any atom is 0.338 e. The van der Waals surface area contributed by atoms with E-state index in [-0.39, 0.29) is 12.1 Å². The Morgan fingerprint density at radius 1 is 1.15 bits per heavy atom. The third-order valence-electron chi connectivity index (χ3n) is 4.77. The molecule has 2 aromatic rings. The Labute approximate surface area is 161 Å². The Kier molecular flexibility index (Phi) is 6.48. The molecule has 0 amide bonds. The van der Waals surface area contributed by atoms with Gasteiger partial charge >= 0.3 is 5.97 Å². The van der Waals surface area contributed by atoms with Crippen LogP contribution in [0.2, 0.25) is 0 Å². The molecule has 1 fully saturated rings. The van der Waals surface area contributed by atoms with Gasteiger partial charge in [-0.05, 0) is 81.0 Å². The summed E-state index contributed by atoms with van der Waals surface area (Å²) in [5.74, 6) is 0.580. The number of esters is 1. The van der Waals surface area contributed by atoms with Crippen molar-refractivity contribution in [2.75, 3.05) is 34.3 Å². The molecule has 5 heteroatoms. The Morgan fingerprint density at radius 2 is 1.93 bits per heavy atom. The molecule has 5 nitrogen and oxygen atoms in total. The van der Waals surface area contributed by atoms with Crippen molar-refractivity contribution in [2.45, 2.75) is 25.5 Å². The van der Waals surface area contributed by atoms with Crippen LogP contribution in [0.3, 0.4) is 0 Å². The second kappa shape index (κ2) is 9.02. The summed E-state index contributed by atoms with van der Waals surface area (Å²) >= 11 is 0. The van der Waals surface area contributed by atoms with E-state index in [9.17, 15) is 4.79 Å². The lowest BCUT2D eigenvalue weighted by molar-refractivity contribution is 0.0229. The maximum absolute atomic E-state index is 12.6. The zero-order chi connectivity index (χ0) is 19.2. The number of nitrogens with zero attached hydrogens (tertiary/aromatic N) is 1. The summed E-state index contributed by atoms with van der Waals surface area (Å²) in [6.45, 7) is 2.54. The van der Waals surface area contributed by atoms with Gasteiger partial charge < -0.3 is 19.7 Å². The van der Waals surface area contributed by atoms with E-state index >= 15 is 0 Å². The number of hydrogen-bond acceptors (Lipinski definition) is 5. The Bertz CT molecular complexity index is 783. The predicted octanol–water partition coefficient (Wildman–Crippen LogP) is 3.33. The molecule has 144 valence electrons. The van der Waals surface area contributed by atoms with Crippen LogP contribution in [0.5, 0.6) is 5.75 Å². The van der Waals surface area contributed by atoms with Gasteiger partial charge in [-0.15, -0.1) is 0 Å². The molecule has 3 rings (SSSR count). The molecule has 27 heavy (non-hydrogen) atoms. The molecular formula is C22H28N2O3. The minimum absolute atomic E-state index is 0.00843. The van der Waals surface area contributed by atoms with Crippen LogP contribution in [0.4, 0.5) is 0 Å². The van der Waals surface area contributed by atoms with Gasteiger partial charge in [-0.3, -0.25) is 0 Å². The van der Waals surface area contributed by atoms with Gasteiger partial charge in [0.1, 0.15) is 11.9 Å². The molecule has 0 radical (unpaired) electrons. The first kappa shape index (κ1) is 19.4. The summed E-state index contributed by atoms with van der Waals surface area (Å²) in [7, 11) is 5.71. The van der Waals surface area contributed by atoms with E-state index in [1.54, 1.807) is 7.11 Å². The molecule has 0 atom stereocenters. The van der Waals surface area contributed by atoms with Gasteiger partial charge in [-0.25, -0.2) is 4.79 Å². The summed E-state index contributed by atoms with van der Waals surface area (Å²) in [6, 6.07) is 13.8. The third-order valence-corrected chi connectivity index (χ3v) is 4.77. The van der Waals surface area contributed by atoms with Crippen molar-refractivity contribution in [1.29, 1.82) is 0 Å². The SMILES string of the molecule is COc1cccc(-c2ccc(C(=O)OC3CCNCC3)cc2CN(C)C)c1. The van der Waals surface area contributed by atoms with Crippen molar-refractivity contribution in [2.24, 2.45) is 0 Å². The summed E-state index contributed by atoms with van der Waals surface area (Å²) in [5.41, 5.74) is 3.87. The van der Waals surface area contributed by atoms with E-state index in [1.165, 1.54) is 0 Å². The molecule has 0 unspecified atom stereocenters. The first-order valence-electron chi connectivity index (χ1n) is 9.40. The molecule has 0 aromatic heterocycles. The van der Waals surface area contributed by atoms with Crippen LogP contribution >= 0.6 is 0 Å². The van der Waals surface area contributed by atoms with Gasteiger partial charge in [0.15, 0.2) is 0 Å². The minimum Gasteiger partial charge on any atom is -0.497 e. The van der Waals surface area contributed by atoms with Gasteiger partial charge in [0.25, 0.3) is 0 Å². The minimum atomic E-state index is -0.237. The number of ether oxygens (including phenoxy) is 2. The zero-order valence-electron chi connectivity index (χ0n) is 16.3. The molecule has 0 aliphatic carbocycles. The Morgan fingerprint density at radius 3 is 2.63 bits per heavy atom. The van der Waals surface area contributed by atoms with Crippen LogP contribution in [-0.2, 0) is 11.3 Å². The summed E-state index contributed by atoms with van der Waals surface area (Å²) in [4.78, 5) is 14.7. The molecule has 1 saturated heterocycles. The van der Waals surface area contributed by atoms with E-state index < -0.39 is 0 Å². The summed E-state index contributed by atoms with van der Waals surface area (Å²) < 4.78 is 11.1. The Balaban J connectivity index is 1.87. The number of nitrogens with one attached hydrogen (secondary N) is 1. The molecule has 0 saturated carbocycles. The number of hydrogen-bond donors (Lipinski definition) is 1. The second-order valence-corrected chi connectivity index (χ2v) is 7.20. The standard InChI is InChI=1S/C22H28N2O3/c1-24(2)15-18-13-17(22(25)27-19-9-11-23-12-10-19)7-8-21(18)16-5-4-6-20(14-16)26-3/h4-8,13-14,19,23H,9-12,15H2,1-3H3. The summed E-state index contributed by atoms with van der Waals surface area (Å²) in [5, 5.41) is 3.29. The van der Waals surface area contributed by atoms with Crippen LogP contribution in [-0.4, -0.2) is 51.3 Å². The van der Waals surface area contributed by atoms with Gasteiger partial charge in [-0.1, -0.05) is 18.2 Å². The zero-order valence-corrected chi connectivity index (χ0v) is 16.3. The highest BCUT2D eigenvalue weighted by Gasteiger charge is 2.19. The highest BCUT2D eigenvalue weighted by Crippen LogP contribution is 2.29. The fourth-order valence-electron chi connectivity index (χ4n) is 3.40. The van der Waals surface area contributed by atoms with Crippen molar-refractivity contribution in [1.82, 2.24) is 10.2 Å². The van der Waals surface area contributed by atoms with E-state index in [2.05, 4.69) is 16.3 Å². The number of carbonyl (C=O) groups is 1. The maximum atomic E-state index is 12.6. The van der Waals surface area contributed by atoms with Gasteiger partial charge in [0, 0.05) is 6.54 Å². The monoisotopic (exact) mass is 368 g/mol. The van der Waals surface area contributed by atoms with Gasteiger partial charge in [0.2, 0.25) is 0 Å². The van der Waals surface area contributed by atoms with Crippen LogP contribution in [0.25, 0.3) is 11.1 Å². The third kappa shape index (κ3) is 5.08. The van der Waals surface area contributed by atoms with Crippen molar-refractivity contribution in [3.8, 4) is 16.9 Å². The quantitative estimate of drug-likeness (QED) is 0.793. The average molecular weight is 368 g/mol. The van der Waals surface area contributed by atoms with Crippen LogP contribution < -0.4 is 10.1 Å². The van der Waals surface area contributed by atoms with Crippen molar-refractivity contribution in [3.63, 3.8) is 0 Å². The van der Waals surface area contributed by atoms with Gasteiger partial charge in [0.05, 0.1) is 12.7 Å². The number of methoxy groups -OCH3 is 1. The van der Waals surface area contributed by atoms with Crippen molar-refractivity contribution < 1.29 is 14.3 Å². The first-order chi connectivity index (χ1) is 13.1. The van der Waals surface area contributed by atoms with E-state index in [0.717, 1.165) is 54.9 Å². The highest BCUT2D eigenvalue weighted by molar-refractivity contribution is 5.91. The van der Waals surface area contributed by atoms with Gasteiger partial charge in [-0.2, -0.15) is 0 Å². The number of piperidine rings is 1. The lowest BCUT2D eigenvalue weighted by atomic mass is 9.97. The normalized spacial score (nSPS) is 15.0. The molecule has 1 aliphatic heterocycles. The fraction of sp³-hybridized carbons (Fsp3) is 0.409. The molecule has 0 spiro atoms. The highest BCUT2D eigenvalue weighted by atomic mass is 16.5. The average Bonchev–Trinajstić information content (AvgIpc) is 2.68. The lowest BCUT2D eigenvalue weighted by Gasteiger charge is -2.23. The number of rotatable bonds is 6. The second-order valence-electron chi connectivity index (χ2n) is 7.20. The first-order valence-corrected chi connectivity index (χ1v) is 9.40. The number of benzene rings is 2. The van der Waals surface area contributed by atoms with Crippen LogP contribution in [0, 0.1) is 0 Å². The van der Waals surface area contributed by atoms with Crippen molar-refractivity contribution >= 4 is 5.97 Å². The van der Waals surface area contributed by atoms with Crippen LogP contribution in [0.15, 0.2) is 42.5 Å². The number of carbonyl (C=O) groups excluding carboxylic acids is 1. The molecule has 1 N–H and O–H groups in total. The Hall–Kier alpha value is -2.37. The largest absolute Gasteiger partial charge is 0.497 e. The predicted molar refractivity (Wildman–Crippen MR) is 107 cm³/mol. The van der Waals surface area contributed by atoms with E-state index in [1.807, 2.05) is 50.5 Å². The van der Waals surface area contributed by atoms with Crippen LogP contribution in [0.1, 0.15) is 28.8 Å².